The van der Waals surface area contributed by atoms with E-state index in [0.29, 0.717) is 6.54 Å². The van der Waals surface area contributed by atoms with Crippen LogP contribution in [-0.2, 0) is 16.0 Å². The van der Waals surface area contributed by atoms with Gasteiger partial charge in [-0.2, -0.15) is 0 Å². The molecule has 1 amide bonds. The monoisotopic (exact) mass is 313 g/mol. The van der Waals surface area contributed by atoms with Crippen molar-refractivity contribution in [2.75, 3.05) is 6.54 Å². The molecule has 2 N–H and O–H groups in total. The van der Waals surface area contributed by atoms with Crippen LogP contribution in [0.15, 0.2) is 42.5 Å². The Kier molecular flexibility index (Phi) is 4.79. The van der Waals surface area contributed by atoms with E-state index >= 15 is 0 Å². The van der Waals surface area contributed by atoms with Crippen LogP contribution in [0.2, 0.25) is 0 Å². The van der Waals surface area contributed by atoms with Gasteiger partial charge in [0.25, 0.3) is 0 Å². The van der Waals surface area contributed by atoms with Gasteiger partial charge in [-0.25, -0.2) is 0 Å². The second-order valence-electron chi connectivity index (χ2n) is 6.56. The van der Waals surface area contributed by atoms with Gasteiger partial charge in [0.2, 0.25) is 5.91 Å². The summed E-state index contributed by atoms with van der Waals surface area (Å²) in [5, 5.41) is 12.4. The molecular weight excluding hydrogens is 290 g/mol. The Labute approximate surface area is 136 Å². The Morgan fingerprint density at radius 2 is 1.70 bits per heavy atom. The number of carboxylic acid groups (broad SMARTS) is 1. The zero-order valence-electron chi connectivity index (χ0n) is 13.2. The molecule has 0 aromatic heterocycles. The van der Waals surface area contributed by atoms with E-state index in [1.807, 2.05) is 30.4 Å². The van der Waals surface area contributed by atoms with Crippen LogP contribution in [0.4, 0.5) is 0 Å². The molecule has 1 fully saturated rings. The highest BCUT2D eigenvalue weighted by atomic mass is 16.4. The molecule has 4 unspecified atom stereocenters. The molecule has 0 radical (unpaired) electrons. The SMILES string of the molecule is O=C(O)C1C2C=CC(CC2)C1C(=O)NCCCc1ccccc1. The minimum Gasteiger partial charge on any atom is -0.481 e. The van der Waals surface area contributed by atoms with Crippen molar-refractivity contribution in [1.29, 1.82) is 0 Å². The number of carboxylic acids is 1. The van der Waals surface area contributed by atoms with Crippen LogP contribution in [-0.4, -0.2) is 23.5 Å². The van der Waals surface area contributed by atoms with Crippen molar-refractivity contribution < 1.29 is 14.7 Å². The van der Waals surface area contributed by atoms with E-state index in [1.54, 1.807) is 0 Å². The first-order valence-corrected chi connectivity index (χ1v) is 8.39. The fraction of sp³-hybridized carbons (Fsp3) is 0.474. The van der Waals surface area contributed by atoms with E-state index in [-0.39, 0.29) is 17.7 Å². The van der Waals surface area contributed by atoms with Crippen molar-refractivity contribution in [3.05, 3.63) is 48.0 Å². The van der Waals surface area contributed by atoms with Crippen molar-refractivity contribution in [3.63, 3.8) is 0 Å². The normalized spacial score (nSPS) is 28.5. The van der Waals surface area contributed by atoms with Gasteiger partial charge in [0.15, 0.2) is 0 Å². The van der Waals surface area contributed by atoms with Gasteiger partial charge >= 0.3 is 5.97 Å². The zero-order valence-corrected chi connectivity index (χ0v) is 13.2. The van der Waals surface area contributed by atoms with Gasteiger partial charge in [0.1, 0.15) is 0 Å². The number of carbonyl (C=O) groups excluding carboxylic acids is 1. The Hall–Kier alpha value is -2.10. The van der Waals surface area contributed by atoms with Crippen LogP contribution in [0.5, 0.6) is 0 Å². The summed E-state index contributed by atoms with van der Waals surface area (Å²) in [5.74, 6) is -1.81. The summed E-state index contributed by atoms with van der Waals surface area (Å²) in [7, 11) is 0. The summed E-state index contributed by atoms with van der Waals surface area (Å²) in [4.78, 5) is 24.1. The number of hydrogen-bond donors (Lipinski definition) is 2. The number of hydrogen-bond acceptors (Lipinski definition) is 2. The van der Waals surface area contributed by atoms with Crippen LogP contribution in [0.25, 0.3) is 0 Å². The largest absolute Gasteiger partial charge is 0.481 e. The number of carbonyl (C=O) groups is 2. The van der Waals surface area contributed by atoms with Crippen molar-refractivity contribution in [2.24, 2.45) is 23.7 Å². The topological polar surface area (TPSA) is 66.4 Å². The van der Waals surface area contributed by atoms with E-state index < -0.39 is 17.8 Å². The van der Waals surface area contributed by atoms with Crippen molar-refractivity contribution in [3.8, 4) is 0 Å². The molecule has 4 rings (SSSR count). The maximum atomic E-state index is 12.5. The summed E-state index contributed by atoms with van der Waals surface area (Å²) in [5.41, 5.74) is 1.25. The predicted molar refractivity (Wildman–Crippen MR) is 87.7 cm³/mol. The summed E-state index contributed by atoms with van der Waals surface area (Å²) in [6, 6.07) is 10.2. The van der Waals surface area contributed by atoms with Crippen molar-refractivity contribution >= 4 is 11.9 Å². The number of nitrogens with one attached hydrogen (secondary N) is 1. The van der Waals surface area contributed by atoms with E-state index in [1.165, 1.54) is 5.56 Å². The number of aliphatic carboxylic acids is 1. The van der Waals surface area contributed by atoms with Crippen molar-refractivity contribution in [2.45, 2.75) is 25.7 Å². The molecule has 1 aromatic rings. The quantitative estimate of drug-likeness (QED) is 0.627. The molecule has 4 nitrogen and oxygen atoms in total. The smallest absolute Gasteiger partial charge is 0.307 e. The van der Waals surface area contributed by atoms with Crippen molar-refractivity contribution in [1.82, 2.24) is 5.32 Å². The fourth-order valence-corrected chi connectivity index (χ4v) is 3.95. The third-order valence-electron chi connectivity index (χ3n) is 5.12. The van der Waals surface area contributed by atoms with Gasteiger partial charge in [-0.15, -0.1) is 0 Å². The van der Waals surface area contributed by atoms with Crippen LogP contribution >= 0.6 is 0 Å². The Morgan fingerprint density at radius 3 is 2.30 bits per heavy atom. The molecular formula is C19H23NO3. The molecule has 0 heterocycles. The lowest BCUT2D eigenvalue weighted by Crippen LogP contribution is -2.49. The van der Waals surface area contributed by atoms with E-state index in [0.717, 1.165) is 25.7 Å². The summed E-state index contributed by atoms with van der Waals surface area (Å²) in [6.45, 7) is 0.595. The first-order chi connectivity index (χ1) is 11.2. The molecule has 0 aliphatic heterocycles. The lowest BCUT2D eigenvalue weighted by atomic mass is 9.62. The first-order valence-electron chi connectivity index (χ1n) is 8.39. The lowest BCUT2D eigenvalue weighted by molar-refractivity contribution is -0.152. The molecule has 4 heteroatoms. The van der Waals surface area contributed by atoms with E-state index in [9.17, 15) is 14.7 Å². The van der Waals surface area contributed by atoms with Gasteiger partial charge in [-0.1, -0.05) is 42.5 Å². The second kappa shape index (κ2) is 6.99. The van der Waals surface area contributed by atoms with E-state index in [4.69, 9.17) is 0 Å². The molecule has 0 spiro atoms. The van der Waals surface area contributed by atoms with Crippen LogP contribution < -0.4 is 5.32 Å². The Bertz CT molecular complexity index is 596. The summed E-state index contributed by atoms with van der Waals surface area (Å²) in [6.07, 6.45) is 7.63. The maximum Gasteiger partial charge on any atom is 0.307 e. The van der Waals surface area contributed by atoms with Crippen LogP contribution in [0.3, 0.4) is 0 Å². The average molecular weight is 313 g/mol. The molecule has 0 saturated heterocycles. The lowest BCUT2D eigenvalue weighted by Gasteiger charge is -2.41. The Morgan fingerprint density at radius 1 is 1.04 bits per heavy atom. The number of benzene rings is 1. The molecule has 1 aromatic carbocycles. The first kappa shape index (κ1) is 15.8. The molecule has 23 heavy (non-hydrogen) atoms. The Balaban J connectivity index is 1.53. The van der Waals surface area contributed by atoms with Gasteiger partial charge in [-0.3, -0.25) is 9.59 Å². The number of aryl methyl sites for hydroxylation is 1. The summed E-state index contributed by atoms with van der Waals surface area (Å²) < 4.78 is 0. The molecule has 2 bridgehead atoms. The number of amides is 1. The van der Waals surface area contributed by atoms with Crippen LogP contribution in [0, 0.1) is 23.7 Å². The molecule has 1 saturated carbocycles. The zero-order chi connectivity index (χ0) is 16.2. The fourth-order valence-electron chi connectivity index (χ4n) is 3.95. The highest BCUT2D eigenvalue weighted by Crippen LogP contribution is 2.45. The van der Waals surface area contributed by atoms with Gasteiger partial charge < -0.3 is 10.4 Å². The standard InChI is InChI=1S/C19H23NO3/c21-18(20-12-4-7-13-5-2-1-3-6-13)16-14-8-10-15(11-9-14)17(16)19(22)23/h1-3,5-6,8,10,14-17H,4,7,9,11-12H2,(H,20,21)(H,22,23). The molecule has 122 valence electrons. The van der Waals surface area contributed by atoms with Gasteiger partial charge in [0.05, 0.1) is 11.8 Å². The number of allylic oxidation sites excluding steroid dienone is 2. The molecule has 3 aliphatic rings. The minimum atomic E-state index is -0.839. The third kappa shape index (κ3) is 3.46. The molecule has 3 aliphatic carbocycles. The van der Waals surface area contributed by atoms with E-state index in [2.05, 4.69) is 17.4 Å². The minimum absolute atomic E-state index is 0.0116. The summed E-state index contributed by atoms with van der Waals surface area (Å²) >= 11 is 0. The predicted octanol–water partition coefficient (Wildman–Crippen LogP) is 2.65. The molecule has 4 atom stereocenters. The van der Waals surface area contributed by atoms with Crippen LogP contribution in [0.1, 0.15) is 24.8 Å². The highest BCUT2D eigenvalue weighted by Gasteiger charge is 2.47. The second-order valence-corrected chi connectivity index (χ2v) is 6.56. The maximum absolute atomic E-state index is 12.5. The van der Waals surface area contributed by atoms with Gasteiger partial charge in [0, 0.05) is 6.54 Å². The number of fused-ring (bicyclic) bond motifs is 2. The highest BCUT2D eigenvalue weighted by molar-refractivity contribution is 5.86. The van der Waals surface area contributed by atoms with Gasteiger partial charge in [-0.05, 0) is 43.1 Å². The average Bonchev–Trinajstić information content (AvgIpc) is 2.59. The third-order valence-corrected chi connectivity index (χ3v) is 5.12. The number of rotatable bonds is 6.